The molecule has 0 saturated carbocycles. The maximum Gasteiger partial charge on any atom is 0.293 e. The number of H-pyrrole nitrogens is 1. The van der Waals surface area contributed by atoms with Crippen LogP contribution >= 0.6 is 0 Å². The van der Waals surface area contributed by atoms with Crippen molar-refractivity contribution in [2.45, 2.75) is 32.1 Å². The van der Waals surface area contributed by atoms with Crippen LogP contribution in [0.1, 0.15) is 27.9 Å². The van der Waals surface area contributed by atoms with E-state index in [1.807, 2.05) is 19.6 Å². The summed E-state index contributed by atoms with van der Waals surface area (Å²) in [6, 6.07) is 7.87. The maximum atomic E-state index is 14.7. The van der Waals surface area contributed by atoms with Crippen molar-refractivity contribution in [1.29, 1.82) is 0 Å². The number of aromatic nitrogens is 2. The number of carbonyl (C=O) groups is 2. The van der Waals surface area contributed by atoms with Gasteiger partial charge in [0.05, 0.1) is 26.9 Å². The number of hydrogen-bond donors (Lipinski definition) is 2. The van der Waals surface area contributed by atoms with E-state index in [9.17, 15) is 18.8 Å². The molecule has 0 aliphatic carbocycles. The molecule has 9 nitrogen and oxygen atoms in total. The summed E-state index contributed by atoms with van der Waals surface area (Å²) >= 11 is 0. The number of pyridine rings is 1. The number of rotatable bonds is 5. The first kappa shape index (κ1) is 23.4. The number of halogens is 1. The third kappa shape index (κ3) is 4.51. The number of nitrogens with one attached hydrogen (secondary N) is 2. The molecule has 11 heteroatoms. The van der Waals surface area contributed by atoms with Crippen molar-refractivity contribution >= 4 is 30.8 Å². The summed E-state index contributed by atoms with van der Waals surface area (Å²) in [4.78, 5) is 43.8. The second kappa shape index (κ2) is 8.90. The molecule has 0 fully saturated rings. The molecule has 0 radical (unpaired) electrons. The Kier molecular flexibility index (Phi) is 6.13. The lowest BCUT2D eigenvalue weighted by atomic mass is 9.95. The Hall–Kier alpha value is -3.73. The number of fused-ring (bicyclic) bond motifs is 1. The van der Waals surface area contributed by atoms with Gasteiger partial charge in [0.25, 0.3) is 17.4 Å². The zero-order valence-electron chi connectivity index (χ0n) is 19.3. The van der Waals surface area contributed by atoms with Gasteiger partial charge in [-0.25, -0.2) is 9.37 Å². The number of carbonyl (C=O) groups excluding carboxylic acids is 2. The number of nitrogens with zero attached hydrogens (tertiary/aromatic N) is 2. The first-order chi connectivity index (χ1) is 16.1. The topological polar surface area (TPSA) is 118 Å². The summed E-state index contributed by atoms with van der Waals surface area (Å²) in [5.74, 6) is -1.37. The molecule has 2 amide bonds. The van der Waals surface area contributed by atoms with Gasteiger partial charge in [-0.2, -0.15) is 5.16 Å². The van der Waals surface area contributed by atoms with Crippen LogP contribution in [-0.4, -0.2) is 48.6 Å². The smallest absolute Gasteiger partial charge is 0.293 e. The van der Waals surface area contributed by atoms with E-state index in [0.717, 1.165) is 6.07 Å². The Balaban J connectivity index is 1.70. The highest BCUT2D eigenvalue weighted by Gasteiger charge is 2.38. The average Bonchev–Trinajstić information content (AvgIpc) is 3.22. The Bertz CT molecular complexity index is 1310. The molecule has 2 N–H and O–H groups in total. The third-order valence-electron chi connectivity index (χ3n) is 5.68. The zero-order valence-corrected chi connectivity index (χ0v) is 20.3. The molecule has 0 saturated heterocycles. The second-order valence-electron chi connectivity index (χ2n) is 9.05. The van der Waals surface area contributed by atoms with Gasteiger partial charge in [0.1, 0.15) is 11.9 Å². The molecule has 2 aromatic heterocycles. The third-order valence-corrected chi connectivity index (χ3v) is 7.70. The predicted molar refractivity (Wildman–Crippen MR) is 126 cm³/mol. The second-order valence-corrected chi connectivity index (χ2v) is 14.1. The summed E-state index contributed by atoms with van der Waals surface area (Å²) < 4.78 is 24.9. The van der Waals surface area contributed by atoms with E-state index in [4.69, 9.17) is 9.26 Å². The van der Waals surface area contributed by atoms with Gasteiger partial charge in [0.2, 0.25) is 11.6 Å². The molecule has 1 aliphatic rings. The maximum absolute atomic E-state index is 14.7. The van der Waals surface area contributed by atoms with Crippen LogP contribution < -0.4 is 20.8 Å². The van der Waals surface area contributed by atoms with Crippen molar-refractivity contribution in [3.05, 3.63) is 69.6 Å². The van der Waals surface area contributed by atoms with E-state index in [2.05, 4.69) is 15.5 Å². The highest BCUT2D eigenvalue weighted by Crippen LogP contribution is 2.32. The number of aromatic amines is 1. The molecule has 1 atom stereocenters. The van der Waals surface area contributed by atoms with Crippen molar-refractivity contribution in [1.82, 2.24) is 15.0 Å². The number of amides is 2. The van der Waals surface area contributed by atoms with Gasteiger partial charge in [0.15, 0.2) is 0 Å². The Morgan fingerprint density at radius 3 is 2.62 bits per heavy atom. The molecule has 34 heavy (non-hydrogen) atoms. The monoisotopic (exact) mass is 484 g/mol. The normalized spacial score (nSPS) is 15.6. The van der Waals surface area contributed by atoms with Crippen LogP contribution in [0.25, 0.3) is 0 Å². The van der Waals surface area contributed by atoms with Crippen molar-refractivity contribution in [2.75, 3.05) is 19.0 Å². The first-order valence-electron chi connectivity index (χ1n) is 10.7. The average molecular weight is 485 g/mol. The summed E-state index contributed by atoms with van der Waals surface area (Å²) in [5, 5.41) is 5.47. The van der Waals surface area contributed by atoms with Gasteiger partial charge in [-0.15, -0.1) is 0 Å². The van der Waals surface area contributed by atoms with Crippen LogP contribution in [-0.2, 0) is 11.2 Å². The summed E-state index contributed by atoms with van der Waals surface area (Å²) in [6.07, 6.45) is 0.371. The SMILES string of the molecule is COc1ccc2c(n1)CCN(C(=O)c1cc(=O)[nH]o1)C2C(=O)Nc1ccc([Si](C)(C)C)c(F)c1. The van der Waals surface area contributed by atoms with Crippen LogP contribution in [0.3, 0.4) is 0 Å². The molecule has 3 heterocycles. The van der Waals surface area contributed by atoms with Crippen LogP contribution in [0.2, 0.25) is 19.6 Å². The minimum Gasteiger partial charge on any atom is -0.481 e. The van der Waals surface area contributed by atoms with E-state index in [1.54, 1.807) is 24.3 Å². The number of ether oxygens (including phenoxy) is 1. The van der Waals surface area contributed by atoms with Gasteiger partial charge in [0, 0.05) is 30.3 Å². The summed E-state index contributed by atoms with van der Waals surface area (Å²) in [6.45, 7) is 6.26. The van der Waals surface area contributed by atoms with Gasteiger partial charge in [-0.1, -0.05) is 25.7 Å². The van der Waals surface area contributed by atoms with Gasteiger partial charge in [-0.05, 0) is 23.4 Å². The standard InChI is InChI=1S/C23H25FN4O5Si/c1-32-20-8-6-14-16(26-20)9-10-28(23(31)17-12-19(29)27-33-17)21(14)22(30)25-13-5-7-18(15(24)11-13)34(2,3)4/h5-8,11-12,21H,9-10H2,1-4H3,(H,25,30)(H,27,29). The molecule has 178 valence electrons. The quantitative estimate of drug-likeness (QED) is 0.537. The number of methoxy groups -OCH3 is 1. The molecule has 1 aromatic carbocycles. The highest BCUT2D eigenvalue weighted by molar-refractivity contribution is 6.88. The highest BCUT2D eigenvalue weighted by atomic mass is 28.3. The Labute approximate surface area is 195 Å². The fourth-order valence-corrected chi connectivity index (χ4v) is 5.39. The minimum absolute atomic E-state index is 0.155. The lowest BCUT2D eigenvalue weighted by Crippen LogP contribution is -2.45. The van der Waals surface area contributed by atoms with E-state index in [0.29, 0.717) is 28.7 Å². The van der Waals surface area contributed by atoms with E-state index < -0.39 is 31.5 Å². The molecule has 3 aromatic rings. The number of hydrogen-bond acceptors (Lipinski definition) is 6. The van der Waals surface area contributed by atoms with Crippen molar-refractivity contribution in [3.8, 4) is 5.88 Å². The van der Waals surface area contributed by atoms with Crippen LogP contribution in [0, 0.1) is 5.82 Å². The molecule has 4 rings (SSSR count). The van der Waals surface area contributed by atoms with Crippen molar-refractivity contribution in [2.24, 2.45) is 0 Å². The fourth-order valence-electron chi connectivity index (χ4n) is 4.02. The predicted octanol–water partition coefficient (Wildman–Crippen LogP) is 2.43. The lowest BCUT2D eigenvalue weighted by molar-refractivity contribution is -0.121. The van der Waals surface area contributed by atoms with E-state index >= 15 is 0 Å². The van der Waals surface area contributed by atoms with Crippen LogP contribution in [0.5, 0.6) is 5.88 Å². The van der Waals surface area contributed by atoms with Crippen molar-refractivity contribution in [3.63, 3.8) is 0 Å². The molecular weight excluding hydrogens is 459 g/mol. The van der Waals surface area contributed by atoms with E-state index in [1.165, 1.54) is 18.1 Å². The zero-order chi connectivity index (χ0) is 24.6. The molecule has 0 spiro atoms. The first-order valence-corrected chi connectivity index (χ1v) is 14.2. The van der Waals surface area contributed by atoms with Gasteiger partial charge in [-0.3, -0.25) is 14.4 Å². The summed E-state index contributed by atoms with van der Waals surface area (Å²) in [7, 11) is -0.400. The minimum atomic E-state index is -1.89. The van der Waals surface area contributed by atoms with Gasteiger partial charge >= 0.3 is 0 Å². The largest absolute Gasteiger partial charge is 0.481 e. The Morgan fingerprint density at radius 1 is 1.24 bits per heavy atom. The lowest BCUT2D eigenvalue weighted by Gasteiger charge is -2.35. The molecule has 1 unspecified atom stereocenters. The number of anilines is 1. The van der Waals surface area contributed by atoms with Gasteiger partial charge < -0.3 is 19.5 Å². The Morgan fingerprint density at radius 2 is 2.00 bits per heavy atom. The number of benzene rings is 1. The van der Waals surface area contributed by atoms with Crippen LogP contribution in [0.15, 0.2) is 45.7 Å². The fraction of sp³-hybridized carbons (Fsp3) is 0.304. The molecular formula is C23H25FN4O5Si. The molecule has 0 bridgehead atoms. The molecule has 1 aliphatic heterocycles. The van der Waals surface area contributed by atoms with E-state index in [-0.39, 0.29) is 23.8 Å². The van der Waals surface area contributed by atoms with Crippen LogP contribution in [0.4, 0.5) is 10.1 Å². The summed E-state index contributed by atoms with van der Waals surface area (Å²) in [5.41, 5.74) is 0.833. The van der Waals surface area contributed by atoms with Crippen molar-refractivity contribution < 1.29 is 23.2 Å².